The molecule has 0 aliphatic rings. The predicted molar refractivity (Wildman–Crippen MR) is 30.7 cm³/mol. The second-order valence-electron chi connectivity index (χ2n) is 1.03. The van der Waals surface area contributed by atoms with E-state index in [1.54, 1.807) is 6.92 Å². The number of carbonyl (C=O) groups excluding carboxylic acids is 2. The molecule has 1 N–H and O–H groups in total. The molecule has 0 bridgehead atoms. The number of isocyanates is 1. The van der Waals surface area contributed by atoms with Crippen molar-refractivity contribution in [1.82, 2.24) is 0 Å². The van der Waals surface area contributed by atoms with Crippen LogP contribution in [0.2, 0.25) is 0 Å². The summed E-state index contributed by atoms with van der Waals surface area (Å²) in [5.41, 5.74) is 0. The lowest BCUT2D eigenvalue weighted by atomic mass is 10.5. The lowest BCUT2D eigenvalue weighted by Crippen LogP contribution is -1.94. The van der Waals surface area contributed by atoms with Crippen LogP contribution in [-0.2, 0) is 14.3 Å². The van der Waals surface area contributed by atoms with Crippen LogP contribution in [0.1, 0.15) is 13.3 Å². The Kier molecular flexibility index (Phi) is 11.9. The molecular formula is C5H9NO3. The number of nitrogens with one attached hydrogen (secondary N) is 1. The van der Waals surface area contributed by atoms with Gasteiger partial charge in [0, 0.05) is 6.42 Å². The van der Waals surface area contributed by atoms with Crippen molar-refractivity contribution in [3.63, 3.8) is 0 Å². The van der Waals surface area contributed by atoms with Gasteiger partial charge in [-0.25, -0.2) is 10.2 Å². The average molecular weight is 131 g/mol. The van der Waals surface area contributed by atoms with Gasteiger partial charge in [0.2, 0.25) is 6.08 Å². The summed E-state index contributed by atoms with van der Waals surface area (Å²) in [6, 6.07) is 0. The summed E-state index contributed by atoms with van der Waals surface area (Å²) >= 11 is 0. The molecule has 0 aromatic heterocycles. The van der Waals surface area contributed by atoms with Crippen LogP contribution in [0.25, 0.3) is 0 Å². The molecule has 4 nitrogen and oxygen atoms in total. The standard InChI is InChI=1S/C4H8O2.CHNO/c1-3-4(5)6-2;2-1-3/h3H2,1-2H3;2H. The van der Waals surface area contributed by atoms with Gasteiger partial charge in [-0.2, -0.15) is 0 Å². The Bertz CT molecular complexity index is 98.8. The zero-order valence-corrected chi connectivity index (χ0v) is 5.43. The molecule has 0 aliphatic carbocycles. The summed E-state index contributed by atoms with van der Waals surface area (Å²) in [4.78, 5) is 18.3. The van der Waals surface area contributed by atoms with Crippen LogP contribution in [-0.4, -0.2) is 19.2 Å². The predicted octanol–water partition coefficient (Wildman–Crippen LogP) is 0.470. The minimum absolute atomic E-state index is 0.157. The Balaban J connectivity index is 0. The molecule has 0 aliphatic heterocycles. The number of hydrogen-bond acceptors (Lipinski definition) is 4. The number of rotatable bonds is 1. The van der Waals surface area contributed by atoms with Gasteiger partial charge >= 0.3 is 5.97 Å². The van der Waals surface area contributed by atoms with Gasteiger partial charge in [-0.15, -0.1) is 0 Å². The van der Waals surface area contributed by atoms with Gasteiger partial charge in [-0.3, -0.25) is 4.79 Å². The molecule has 0 radical (unpaired) electrons. The maximum absolute atomic E-state index is 9.96. The van der Waals surface area contributed by atoms with Gasteiger partial charge in [-0.1, -0.05) is 6.92 Å². The van der Waals surface area contributed by atoms with Crippen molar-refractivity contribution < 1.29 is 14.3 Å². The van der Waals surface area contributed by atoms with Crippen molar-refractivity contribution in [3.05, 3.63) is 0 Å². The van der Waals surface area contributed by atoms with Crippen molar-refractivity contribution in [3.8, 4) is 0 Å². The van der Waals surface area contributed by atoms with E-state index in [2.05, 4.69) is 4.74 Å². The summed E-state index contributed by atoms with van der Waals surface area (Å²) in [5.74, 6) is -0.157. The quantitative estimate of drug-likeness (QED) is 0.319. The van der Waals surface area contributed by atoms with Crippen LogP contribution in [0, 0.1) is 5.41 Å². The largest absolute Gasteiger partial charge is 0.469 e. The minimum atomic E-state index is -0.157. The van der Waals surface area contributed by atoms with E-state index in [9.17, 15) is 4.79 Å². The molecule has 0 aromatic carbocycles. The monoisotopic (exact) mass is 131 g/mol. The second-order valence-corrected chi connectivity index (χ2v) is 1.03. The van der Waals surface area contributed by atoms with Crippen LogP contribution in [0.3, 0.4) is 0 Å². The van der Waals surface area contributed by atoms with Crippen LogP contribution in [0.5, 0.6) is 0 Å². The number of hydrogen-bond donors (Lipinski definition) is 1. The third kappa shape index (κ3) is 19.8. The molecule has 0 fully saturated rings. The average Bonchev–Trinajstić information content (AvgIpc) is 1.88. The van der Waals surface area contributed by atoms with Crippen LogP contribution >= 0.6 is 0 Å². The minimum Gasteiger partial charge on any atom is -0.469 e. The first kappa shape index (κ1) is 10.8. The summed E-state index contributed by atoms with van der Waals surface area (Å²) in [6.07, 6.45) is 1.22. The van der Waals surface area contributed by atoms with Crippen molar-refractivity contribution in [2.75, 3.05) is 7.11 Å². The Morgan fingerprint density at radius 3 is 2.11 bits per heavy atom. The summed E-state index contributed by atoms with van der Waals surface area (Å²) < 4.78 is 4.26. The summed E-state index contributed by atoms with van der Waals surface area (Å²) in [7, 11) is 1.38. The molecule has 52 valence electrons. The smallest absolute Gasteiger partial charge is 0.305 e. The van der Waals surface area contributed by atoms with Crippen molar-refractivity contribution in [2.24, 2.45) is 0 Å². The van der Waals surface area contributed by atoms with Crippen molar-refractivity contribution in [1.29, 1.82) is 5.41 Å². The molecule has 0 unspecified atom stereocenters. The van der Waals surface area contributed by atoms with Gasteiger partial charge < -0.3 is 4.74 Å². The molecule has 0 rings (SSSR count). The summed E-state index contributed by atoms with van der Waals surface area (Å²) in [5, 5.41) is 5.40. The Labute approximate surface area is 53.3 Å². The van der Waals surface area contributed by atoms with E-state index in [4.69, 9.17) is 10.2 Å². The van der Waals surface area contributed by atoms with Gasteiger partial charge in [0.1, 0.15) is 0 Å². The van der Waals surface area contributed by atoms with Gasteiger partial charge in [0.15, 0.2) is 0 Å². The third-order valence-electron chi connectivity index (χ3n) is 0.516. The van der Waals surface area contributed by atoms with E-state index in [0.717, 1.165) is 6.08 Å². The maximum Gasteiger partial charge on any atom is 0.305 e. The molecule has 0 saturated heterocycles. The maximum atomic E-state index is 9.96. The fourth-order valence-corrected chi connectivity index (χ4v) is 0.144. The van der Waals surface area contributed by atoms with E-state index in [-0.39, 0.29) is 5.97 Å². The van der Waals surface area contributed by atoms with Crippen molar-refractivity contribution in [2.45, 2.75) is 13.3 Å². The first-order valence-electron chi connectivity index (χ1n) is 2.33. The van der Waals surface area contributed by atoms with Crippen LogP contribution in [0.4, 0.5) is 0 Å². The van der Waals surface area contributed by atoms with E-state index in [1.165, 1.54) is 7.11 Å². The van der Waals surface area contributed by atoms with Crippen molar-refractivity contribution >= 4 is 12.0 Å². The highest BCUT2D eigenvalue weighted by Crippen LogP contribution is 1.76. The Morgan fingerprint density at radius 2 is 2.11 bits per heavy atom. The molecule has 0 atom stereocenters. The normalized spacial score (nSPS) is 6.00. The number of esters is 1. The topological polar surface area (TPSA) is 67.2 Å². The van der Waals surface area contributed by atoms with Crippen LogP contribution in [0.15, 0.2) is 0 Å². The van der Waals surface area contributed by atoms with Gasteiger partial charge in [0.25, 0.3) is 0 Å². The van der Waals surface area contributed by atoms with Gasteiger partial charge in [0.05, 0.1) is 7.11 Å². The molecule has 9 heavy (non-hydrogen) atoms. The molecule has 4 heteroatoms. The zero-order valence-electron chi connectivity index (χ0n) is 5.43. The first-order chi connectivity index (χ1) is 4.22. The SMILES string of the molecule is CCC(=O)OC.N=C=O. The van der Waals surface area contributed by atoms with E-state index in [1.807, 2.05) is 0 Å². The first-order valence-corrected chi connectivity index (χ1v) is 2.33. The number of ether oxygens (including phenoxy) is 1. The highest BCUT2D eigenvalue weighted by atomic mass is 16.5. The molecule has 0 spiro atoms. The zero-order chi connectivity index (χ0) is 7.70. The molecule has 0 aromatic rings. The molecule has 0 amide bonds. The van der Waals surface area contributed by atoms with E-state index in [0.29, 0.717) is 6.42 Å². The number of carbonyl (C=O) groups is 1. The lowest BCUT2D eigenvalue weighted by Gasteiger charge is -1.87. The third-order valence-corrected chi connectivity index (χ3v) is 0.516. The Hall–Kier alpha value is -1.15. The summed E-state index contributed by atoms with van der Waals surface area (Å²) in [6.45, 7) is 1.76. The van der Waals surface area contributed by atoms with E-state index >= 15 is 0 Å². The highest BCUT2D eigenvalue weighted by molar-refractivity contribution is 5.68. The van der Waals surface area contributed by atoms with Gasteiger partial charge in [-0.05, 0) is 0 Å². The number of methoxy groups -OCH3 is 1. The fourth-order valence-electron chi connectivity index (χ4n) is 0.144. The molecule has 0 saturated carbocycles. The molecular weight excluding hydrogens is 122 g/mol. The highest BCUT2D eigenvalue weighted by Gasteiger charge is 1.87. The fraction of sp³-hybridized carbons (Fsp3) is 0.600. The molecule has 0 heterocycles. The van der Waals surface area contributed by atoms with Crippen LogP contribution < -0.4 is 0 Å². The second kappa shape index (κ2) is 9.97. The Morgan fingerprint density at radius 1 is 1.78 bits per heavy atom. The lowest BCUT2D eigenvalue weighted by molar-refractivity contribution is -0.140. The van der Waals surface area contributed by atoms with E-state index < -0.39 is 0 Å².